The second-order valence-corrected chi connectivity index (χ2v) is 9.40. The fourth-order valence-electron chi connectivity index (χ4n) is 3.59. The molecule has 1 aromatic heterocycles. The summed E-state index contributed by atoms with van der Waals surface area (Å²) < 4.78 is 39.9. The lowest BCUT2D eigenvalue weighted by molar-refractivity contribution is -0.109. The summed E-state index contributed by atoms with van der Waals surface area (Å²) >= 11 is 0. The SMILES string of the molecule is O=CNCc1ccc(F)cc1.O=S(=O)(NC1CCCCC1)c1ccc(-c2ccc[nH]2)cc1. The van der Waals surface area contributed by atoms with Gasteiger partial charge < -0.3 is 10.3 Å². The molecule has 1 heterocycles. The van der Waals surface area contributed by atoms with Crippen molar-refractivity contribution in [1.82, 2.24) is 15.0 Å². The molecule has 0 unspecified atom stereocenters. The van der Waals surface area contributed by atoms with Crippen molar-refractivity contribution in [3.05, 3.63) is 78.2 Å². The van der Waals surface area contributed by atoms with Crippen molar-refractivity contribution in [2.75, 3.05) is 0 Å². The molecule has 8 heteroatoms. The monoisotopic (exact) mass is 457 g/mol. The third-order valence-electron chi connectivity index (χ3n) is 5.30. The van der Waals surface area contributed by atoms with E-state index in [1.54, 1.807) is 24.3 Å². The molecule has 1 aliphatic carbocycles. The summed E-state index contributed by atoms with van der Waals surface area (Å²) in [5.41, 5.74) is 2.86. The Labute approximate surface area is 188 Å². The largest absolute Gasteiger partial charge is 0.361 e. The number of H-pyrrole nitrogens is 1. The van der Waals surface area contributed by atoms with Crippen molar-refractivity contribution in [3.63, 3.8) is 0 Å². The first-order valence-electron chi connectivity index (χ1n) is 10.7. The van der Waals surface area contributed by atoms with E-state index >= 15 is 0 Å². The van der Waals surface area contributed by atoms with Crippen LogP contribution in [0.3, 0.4) is 0 Å². The van der Waals surface area contributed by atoms with Gasteiger partial charge in [0.2, 0.25) is 16.4 Å². The van der Waals surface area contributed by atoms with Gasteiger partial charge in [-0.1, -0.05) is 43.5 Å². The third kappa shape index (κ3) is 7.03. The van der Waals surface area contributed by atoms with E-state index in [4.69, 9.17) is 0 Å². The number of sulfonamides is 1. The van der Waals surface area contributed by atoms with Crippen LogP contribution in [0.1, 0.15) is 37.7 Å². The quantitative estimate of drug-likeness (QED) is 0.460. The number of hydrogen-bond donors (Lipinski definition) is 3. The van der Waals surface area contributed by atoms with Crippen molar-refractivity contribution >= 4 is 16.4 Å². The zero-order valence-electron chi connectivity index (χ0n) is 17.8. The lowest BCUT2D eigenvalue weighted by atomic mass is 9.96. The van der Waals surface area contributed by atoms with E-state index in [0.717, 1.165) is 42.5 Å². The highest BCUT2D eigenvalue weighted by Gasteiger charge is 2.21. The van der Waals surface area contributed by atoms with Crippen LogP contribution in [0.4, 0.5) is 4.39 Å². The maximum absolute atomic E-state index is 12.4. The maximum atomic E-state index is 12.4. The van der Waals surface area contributed by atoms with Crippen molar-refractivity contribution in [3.8, 4) is 11.3 Å². The Kier molecular flexibility index (Phi) is 8.58. The number of benzene rings is 2. The number of rotatable bonds is 7. The van der Waals surface area contributed by atoms with Gasteiger partial charge in [-0.05, 0) is 60.4 Å². The molecule has 0 radical (unpaired) electrons. The van der Waals surface area contributed by atoms with Gasteiger partial charge in [-0.25, -0.2) is 17.5 Å². The van der Waals surface area contributed by atoms with Crippen molar-refractivity contribution in [1.29, 1.82) is 0 Å². The van der Waals surface area contributed by atoms with E-state index in [9.17, 15) is 17.6 Å². The molecule has 1 aliphatic rings. The van der Waals surface area contributed by atoms with Gasteiger partial charge >= 0.3 is 0 Å². The molecule has 6 nitrogen and oxygen atoms in total. The number of aromatic amines is 1. The molecule has 4 rings (SSSR count). The summed E-state index contributed by atoms with van der Waals surface area (Å²) in [6.45, 7) is 0.448. The summed E-state index contributed by atoms with van der Waals surface area (Å²) in [5, 5.41) is 2.48. The molecule has 0 spiro atoms. The van der Waals surface area contributed by atoms with Crippen LogP contribution in [-0.4, -0.2) is 25.9 Å². The maximum Gasteiger partial charge on any atom is 0.240 e. The molecular formula is C24H28FN3O3S. The highest BCUT2D eigenvalue weighted by Crippen LogP contribution is 2.22. The molecule has 32 heavy (non-hydrogen) atoms. The van der Waals surface area contributed by atoms with Gasteiger partial charge in [0.25, 0.3) is 0 Å². The van der Waals surface area contributed by atoms with Crippen molar-refractivity contribution < 1.29 is 17.6 Å². The zero-order chi connectivity index (χ0) is 22.8. The average Bonchev–Trinajstić information content (AvgIpc) is 3.35. The van der Waals surface area contributed by atoms with Gasteiger partial charge in [0.1, 0.15) is 5.82 Å². The summed E-state index contributed by atoms with van der Waals surface area (Å²) in [6, 6.07) is 17.0. The van der Waals surface area contributed by atoms with Crippen LogP contribution in [0.2, 0.25) is 0 Å². The number of aromatic nitrogens is 1. The van der Waals surface area contributed by atoms with Crippen LogP contribution in [0.5, 0.6) is 0 Å². The minimum Gasteiger partial charge on any atom is -0.361 e. The van der Waals surface area contributed by atoms with Crippen LogP contribution in [0.15, 0.2) is 71.8 Å². The standard InChI is InChI=1S/C16H20N2O2S.C8H8FNO/c19-21(20,18-14-5-2-1-3-6-14)15-10-8-13(9-11-15)16-7-4-12-17-16;9-8-3-1-7(2-4-8)5-10-6-11/h4,7-12,14,17-18H,1-3,5-6H2;1-4,6H,5H2,(H,10,11). The molecule has 1 fully saturated rings. The molecule has 170 valence electrons. The van der Waals surface area contributed by atoms with Crippen LogP contribution >= 0.6 is 0 Å². The van der Waals surface area contributed by atoms with Crippen molar-refractivity contribution in [2.45, 2.75) is 49.6 Å². The molecule has 3 aromatic rings. The topological polar surface area (TPSA) is 91.1 Å². The highest BCUT2D eigenvalue weighted by molar-refractivity contribution is 7.89. The molecule has 0 aliphatic heterocycles. The van der Waals surface area contributed by atoms with Gasteiger partial charge in [0.15, 0.2) is 0 Å². The predicted molar refractivity (Wildman–Crippen MR) is 123 cm³/mol. The highest BCUT2D eigenvalue weighted by atomic mass is 32.2. The van der Waals surface area contributed by atoms with Crippen molar-refractivity contribution in [2.24, 2.45) is 0 Å². The lowest BCUT2D eigenvalue weighted by Gasteiger charge is -2.22. The first kappa shape index (κ1) is 23.7. The predicted octanol–water partition coefficient (Wildman–Crippen LogP) is 4.36. The van der Waals surface area contributed by atoms with E-state index < -0.39 is 10.0 Å². The summed E-state index contributed by atoms with van der Waals surface area (Å²) in [7, 11) is -3.41. The van der Waals surface area contributed by atoms with Crippen LogP contribution < -0.4 is 10.0 Å². The molecule has 0 saturated heterocycles. The summed E-state index contributed by atoms with van der Waals surface area (Å²) in [6.07, 6.45) is 7.79. The van der Waals surface area contributed by atoms with E-state index in [2.05, 4.69) is 15.0 Å². The van der Waals surface area contributed by atoms with Gasteiger partial charge in [-0.3, -0.25) is 4.79 Å². The summed E-state index contributed by atoms with van der Waals surface area (Å²) in [4.78, 5) is 13.3. The first-order chi connectivity index (χ1) is 15.5. The molecule has 2 aromatic carbocycles. The smallest absolute Gasteiger partial charge is 0.240 e. The molecule has 3 N–H and O–H groups in total. The number of halogens is 1. The van der Waals surface area contributed by atoms with Crippen LogP contribution in [0, 0.1) is 5.82 Å². The Morgan fingerprint density at radius 1 is 0.969 bits per heavy atom. The number of carbonyl (C=O) groups excluding carboxylic acids is 1. The Hall–Kier alpha value is -2.97. The third-order valence-corrected chi connectivity index (χ3v) is 6.84. The number of hydrogen-bond acceptors (Lipinski definition) is 3. The van der Waals surface area contributed by atoms with Gasteiger partial charge in [0, 0.05) is 24.5 Å². The second-order valence-electron chi connectivity index (χ2n) is 7.69. The Morgan fingerprint density at radius 3 is 2.25 bits per heavy atom. The average molecular weight is 458 g/mol. The van der Waals surface area contributed by atoms with E-state index in [0.29, 0.717) is 17.9 Å². The molecule has 0 atom stereocenters. The minimum atomic E-state index is -3.41. The fraction of sp³-hybridized carbons (Fsp3) is 0.292. The fourth-order valence-corrected chi connectivity index (χ4v) is 4.90. The van der Waals surface area contributed by atoms with Gasteiger partial charge in [-0.2, -0.15) is 0 Å². The van der Waals surface area contributed by atoms with E-state index in [1.807, 2.05) is 30.5 Å². The lowest BCUT2D eigenvalue weighted by Crippen LogP contribution is -2.36. The molecule has 0 bridgehead atoms. The Morgan fingerprint density at radius 2 is 1.66 bits per heavy atom. The number of carbonyl (C=O) groups is 1. The normalized spacial score (nSPS) is 14.3. The Balaban J connectivity index is 0.000000222. The summed E-state index contributed by atoms with van der Waals surface area (Å²) in [5.74, 6) is -0.264. The molecule has 1 saturated carbocycles. The molecule has 1 amide bonds. The van der Waals surface area contributed by atoms with Gasteiger partial charge in [-0.15, -0.1) is 0 Å². The van der Waals surface area contributed by atoms with E-state index in [-0.39, 0.29) is 11.9 Å². The van der Waals surface area contributed by atoms with Crippen LogP contribution in [0.25, 0.3) is 11.3 Å². The van der Waals surface area contributed by atoms with Crippen LogP contribution in [-0.2, 0) is 21.4 Å². The number of amides is 1. The first-order valence-corrected chi connectivity index (χ1v) is 12.1. The number of nitrogens with one attached hydrogen (secondary N) is 3. The second kappa shape index (κ2) is 11.6. The van der Waals surface area contributed by atoms with E-state index in [1.165, 1.54) is 18.6 Å². The minimum absolute atomic E-state index is 0.0897. The zero-order valence-corrected chi connectivity index (χ0v) is 18.6. The molecular weight excluding hydrogens is 429 g/mol. The Bertz CT molecular complexity index is 1060. The van der Waals surface area contributed by atoms with Gasteiger partial charge in [0.05, 0.1) is 4.90 Å².